The molecule has 0 spiro atoms. The lowest BCUT2D eigenvalue weighted by atomic mass is 9.78. The van der Waals surface area contributed by atoms with Gasteiger partial charge in [0.15, 0.2) is 0 Å². The van der Waals surface area contributed by atoms with Crippen molar-refractivity contribution in [1.29, 1.82) is 0 Å². The topological polar surface area (TPSA) is 92.5 Å². The van der Waals surface area contributed by atoms with Crippen molar-refractivity contribution >= 4 is 17.7 Å². The Morgan fingerprint density at radius 1 is 1.33 bits per heavy atom. The Kier molecular flexibility index (Phi) is 4.98. The fraction of sp³-hybridized carbons (Fsp3) is 0.800. The zero-order valence-electron chi connectivity index (χ0n) is 12.8. The Labute approximate surface area is 125 Å². The van der Waals surface area contributed by atoms with E-state index in [4.69, 9.17) is 5.73 Å². The highest BCUT2D eigenvalue weighted by Crippen LogP contribution is 2.29. The molecule has 0 radical (unpaired) electrons. The Balaban J connectivity index is 1.91. The molecule has 1 heterocycles. The lowest BCUT2D eigenvalue weighted by Crippen LogP contribution is -2.54. The number of nitrogens with zero attached hydrogens (tertiary/aromatic N) is 1. The van der Waals surface area contributed by atoms with Crippen LogP contribution in [0.4, 0.5) is 0 Å². The fourth-order valence-corrected chi connectivity index (χ4v) is 3.29. The number of carbonyl (C=O) groups excluding carboxylic acids is 3. The molecule has 2 fully saturated rings. The molecule has 3 amide bonds. The van der Waals surface area contributed by atoms with Gasteiger partial charge >= 0.3 is 0 Å². The minimum atomic E-state index is -0.570. The molecule has 0 aromatic rings. The zero-order valence-corrected chi connectivity index (χ0v) is 12.8. The van der Waals surface area contributed by atoms with E-state index in [2.05, 4.69) is 5.32 Å². The summed E-state index contributed by atoms with van der Waals surface area (Å²) in [6.45, 7) is 1.90. The second kappa shape index (κ2) is 6.56. The minimum absolute atomic E-state index is 0.102. The number of imide groups is 1. The predicted octanol–water partition coefficient (Wildman–Crippen LogP) is 0.404. The van der Waals surface area contributed by atoms with Crippen molar-refractivity contribution in [2.45, 2.75) is 57.5 Å². The maximum absolute atomic E-state index is 12.3. The molecule has 21 heavy (non-hydrogen) atoms. The van der Waals surface area contributed by atoms with Gasteiger partial charge in [-0.05, 0) is 31.6 Å². The highest BCUT2D eigenvalue weighted by Gasteiger charge is 2.35. The smallest absolute Gasteiger partial charge is 0.251 e. The maximum atomic E-state index is 12.3. The molecule has 0 bridgehead atoms. The molecule has 0 aromatic carbocycles. The van der Waals surface area contributed by atoms with E-state index >= 15 is 0 Å². The number of hydrogen-bond acceptors (Lipinski definition) is 4. The van der Waals surface area contributed by atoms with E-state index in [1.165, 1.54) is 7.05 Å². The van der Waals surface area contributed by atoms with Crippen LogP contribution in [0.2, 0.25) is 0 Å². The van der Waals surface area contributed by atoms with Gasteiger partial charge in [0.2, 0.25) is 11.8 Å². The number of piperidine rings is 1. The van der Waals surface area contributed by atoms with Crippen LogP contribution in [-0.2, 0) is 14.4 Å². The van der Waals surface area contributed by atoms with E-state index in [-0.39, 0.29) is 35.6 Å². The molecule has 2 aliphatic rings. The molecule has 2 rings (SSSR count). The van der Waals surface area contributed by atoms with Crippen molar-refractivity contribution in [1.82, 2.24) is 10.2 Å². The molecule has 1 saturated carbocycles. The summed E-state index contributed by atoms with van der Waals surface area (Å²) in [5.74, 6) is -0.460. The van der Waals surface area contributed by atoms with Crippen molar-refractivity contribution < 1.29 is 14.4 Å². The normalized spacial score (nSPS) is 32.0. The number of amides is 3. The maximum Gasteiger partial charge on any atom is 0.251 e. The lowest BCUT2D eigenvalue weighted by molar-refractivity contribution is -0.149. The molecular formula is C15H25N3O3. The Morgan fingerprint density at radius 2 is 2.05 bits per heavy atom. The summed E-state index contributed by atoms with van der Waals surface area (Å²) in [6, 6.07) is -0.390. The molecule has 6 heteroatoms. The molecular weight excluding hydrogens is 270 g/mol. The fourth-order valence-electron chi connectivity index (χ4n) is 3.29. The number of hydrogen-bond donors (Lipinski definition) is 2. The third-order valence-corrected chi connectivity index (χ3v) is 4.84. The average Bonchev–Trinajstić information content (AvgIpc) is 2.47. The summed E-state index contributed by atoms with van der Waals surface area (Å²) < 4.78 is 0. The van der Waals surface area contributed by atoms with Gasteiger partial charge < -0.3 is 11.1 Å². The second-order valence-electron chi connectivity index (χ2n) is 6.37. The lowest BCUT2D eigenvalue weighted by Gasteiger charge is -2.33. The molecule has 118 valence electrons. The molecule has 6 nitrogen and oxygen atoms in total. The molecule has 4 unspecified atom stereocenters. The van der Waals surface area contributed by atoms with E-state index in [0.717, 1.165) is 30.6 Å². The van der Waals surface area contributed by atoms with Crippen LogP contribution in [0, 0.1) is 11.8 Å². The van der Waals surface area contributed by atoms with E-state index in [9.17, 15) is 14.4 Å². The van der Waals surface area contributed by atoms with E-state index in [0.29, 0.717) is 12.8 Å². The summed E-state index contributed by atoms with van der Waals surface area (Å²) in [4.78, 5) is 36.9. The molecule has 4 atom stereocenters. The molecule has 0 aromatic heterocycles. The van der Waals surface area contributed by atoms with Crippen molar-refractivity contribution in [2.24, 2.45) is 17.6 Å². The van der Waals surface area contributed by atoms with Gasteiger partial charge in [0, 0.05) is 25.4 Å². The SMILES string of the molecule is CC(C(=O)NC1CCC(=O)N(C)C1=O)C1CCCC(N)C1. The molecule has 3 N–H and O–H groups in total. The number of carbonyl (C=O) groups is 3. The van der Waals surface area contributed by atoms with E-state index in [1.807, 2.05) is 6.92 Å². The van der Waals surface area contributed by atoms with Gasteiger partial charge in [0.1, 0.15) is 6.04 Å². The number of nitrogens with two attached hydrogens (primary N) is 1. The predicted molar refractivity (Wildman–Crippen MR) is 78.0 cm³/mol. The third-order valence-electron chi connectivity index (χ3n) is 4.84. The van der Waals surface area contributed by atoms with Gasteiger partial charge in [-0.3, -0.25) is 19.3 Å². The van der Waals surface area contributed by atoms with Crippen LogP contribution < -0.4 is 11.1 Å². The largest absolute Gasteiger partial charge is 0.344 e. The van der Waals surface area contributed by atoms with Gasteiger partial charge in [-0.1, -0.05) is 13.3 Å². The van der Waals surface area contributed by atoms with Crippen molar-refractivity contribution in [3.63, 3.8) is 0 Å². The van der Waals surface area contributed by atoms with Gasteiger partial charge in [-0.25, -0.2) is 0 Å². The van der Waals surface area contributed by atoms with Crippen LogP contribution in [0.1, 0.15) is 45.4 Å². The van der Waals surface area contributed by atoms with Gasteiger partial charge in [-0.2, -0.15) is 0 Å². The second-order valence-corrected chi connectivity index (χ2v) is 6.37. The minimum Gasteiger partial charge on any atom is -0.344 e. The van der Waals surface area contributed by atoms with Crippen molar-refractivity contribution in [3.8, 4) is 0 Å². The van der Waals surface area contributed by atoms with E-state index < -0.39 is 6.04 Å². The van der Waals surface area contributed by atoms with Crippen LogP contribution in [0.15, 0.2) is 0 Å². The van der Waals surface area contributed by atoms with Gasteiger partial charge in [0.05, 0.1) is 0 Å². The Bertz CT molecular complexity index is 438. The van der Waals surface area contributed by atoms with Crippen LogP contribution in [0.3, 0.4) is 0 Å². The van der Waals surface area contributed by atoms with E-state index in [1.54, 1.807) is 0 Å². The summed E-state index contributed by atoms with van der Waals surface area (Å²) in [5, 5.41) is 2.81. The van der Waals surface area contributed by atoms with Crippen molar-refractivity contribution in [2.75, 3.05) is 7.05 Å². The number of likely N-dealkylation sites (N-methyl/N-ethyl adjacent to an activating group) is 1. The first-order valence-corrected chi connectivity index (χ1v) is 7.76. The first-order valence-electron chi connectivity index (χ1n) is 7.76. The zero-order chi connectivity index (χ0) is 15.6. The summed E-state index contributed by atoms with van der Waals surface area (Å²) in [6.07, 6.45) is 4.66. The first kappa shape index (κ1) is 15.9. The quantitative estimate of drug-likeness (QED) is 0.737. The molecule has 1 aliphatic heterocycles. The average molecular weight is 295 g/mol. The van der Waals surface area contributed by atoms with Gasteiger partial charge in [-0.15, -0.1) is 0 Å². The summed E-state index contributed by atoms with van der Waals surface area (Å²) in [7, 11) is 1.46. The highest BCUT2D eigenvalue weighted by molar-refractivity contribution is 6.01. The molecule has 1 aliphatic carbocycles. The van der Waals surface area contributed by atoms with Crippen LogP contribution in [0.25, 0.3) is 0 Å². The van der Waals surface area contributed by atoms with Crippen LogP contribution in [-0.4, -0.2) is 41.8 Å². The summed E-state index contributed by atoms with van der Waals surface area (Å²) in [5.41, 5.74) is 5.97. The number of nitrogens with one attached hydrogen (secondary N) is 1. The van der Waals surface area contributed by atoms with Crippen molar-refractivity contribution in [3.05, 3.63) is 0 Å². The van der Waals surface area contributed by atoms with Gasteiger partial charge in [0.25, 0.3) is 5.91 Å². The van der Waals surface area contributed by atoms with Crippen LogP contribution in [0.5, 0.6) is 0 Å². The highest BCUT2D eigenvalue weighted by atomic mass is 16.2. The monoisotopic (exact) mass is 295 g/mol. The standard InChI is InChI=1S/C15H25N3O3/c1-9(10-4-3-5-11(16)8-10)14(20)17-12-6-7-13(19)18(2)15(12)21/h9-12H,3-8,16H2,1-2H3,(H,17,20). The molecule has 1 saturated heterocycles. The van der Waals surface area contributed by atoms with Crippen LogP contribution >= 0.6 is 0 Å². The first-order chi connectivity index (χ1) is 9.90. The third kappa shape index (κ3) is 3.61. The Morgan fingerprint density at radius 3 is 2.71 bits per heavy atom. The Hall–Kier alpha value is -1.43. The number of rotatable bonds is 3. The summed E-state index contributed by atoms with van der Waals surface area (Å²) >= 11 is 0. The number of likely N-dealkylation sites (tertiary alicyclic amines) is 1.